The molecule has 0 bridgehead atoms. The Morgan fingerprint density at radius 3 is 2.75 bits per heavy atom. The van der Waals surface area contributed by atoms with Crippen LogP contribution in [0.5, 0.6) is 5.75 Å². The van der Waals surface area contributed by atoms with Crippen LogP contribution < -0.4 is 4.74 Å². The first-order chi connectivity index (χ1) is 7.55. The Morgan fingerprint density at radius 1 is 1.50 bits per heavy atom. The molecule has 88 valence electrons. The van der Waals surface area contributed by atoms with E-state index in [9.17, 15) is 4.39 Å². The summed E-state index contributed by atoms with van der Waals surface area (Å²) in [7, 11) is 1.54. The molecule has 2 unspecified atom stereocenters. The number of alkyl halides is 1. The maximum Gasteiger partial charge on any atom is 0.130 e. The Morgan fingerprint density at radius 2 is 2.25 bits per heavy atom. The van der Waals surface area contributed by atoms with E-state index in [0.717, 1.165) is 24.8 Å². The summed E-state index contributed by atoms with van der Waals surface area (Å²) in [6.45, 7) is 2.08. The van der Waals surface area contributed by atoms with Gasteiger partial charge in [-0.15, -0.1) is 11.6 Å². The second-order valence-corrected chi connectivity index (χ2v) is 5.36. The predicted molar refractivity (Wildman–Crippen MR) is 63.8 cm³/mol. The minimum Gasteiger partial charge on any atom is -0.497 e. The highest BCUT2D eigenvalue weighted by Crippen LogP contribution is 2.44. The number of hydrogen-bond acceptors (Lipinski definition) is 1. The smallest absolute Gasteiger partial charge is 0.130 e. The van der Waals surface area contributed by atoms with Crippen molar-refractivity contribution >= 4 is 11.6 Å². The minimum absolute atomic E-state index is 0.122. The Labute approximate surface area is 101 Å². The first-order valence-electron chi connectivity index (χ1n) is 5.53. The van der Waals surface area contributed by atoms with Gasteiger partial charge in [-0.3, -0.25) is 0 Å². The number of methoxy groups -OCH3 is 1. The van der Waals surface area contributed by atoms with E-state index in [0.29, 0.717) is 5.75 Å². The maximum absolute atomic E-state index is 13.9. The van der Waals surface area contributed by atoms with Crippen LogP contribution in [0.2, 0.25) is 0 Å². The lowest BCUT2D eigenvalue weighted by Gasteiger charge is -2.25. The second kappa shape index (κ2) is 4.25. The summed E-state index contributed by atoms with van der Waals surface area (Å²) in [4.78, 5) is 0. The van der Waals surface area contributed by atoms with Gasteiger partial charge in [-0.1, -0.05) is 13.0 Å². The largest absolute Gasteiger partial charge is 0.497 e. The van der Waals surface area contributed by atoms with E-state index in [1.165, 1.54) is 6.07 Å². The van der Waals surface area contributed by atoms with Gasteiger partial charge in [-0.2, -0.15) is 0 Å². The fraction of sp³-hybridized carbons (Fsp3) is 0.538. The molecule has 1 saturated carbocycles. The van der Waals surface area contributed by atoms with E-state index in [4.69, 9.17) is 16.3 Å². The molecular formula is C13H16ClFO. The van der Waals surface area contributed by atoms with Crippen LogP contribution in [0.15, 0.2) is 18.2 Å². The van der Waals surface area contributed by atoms with Gasteiger partial charge in [0.2, 0.25) is 0 Å². The van der Waals surface area contributed by atoms with E-state index in [1.54, 1.807) is 7.11 Å². The number of rotatable bonds is 2. The molecule has 0 amide bonds. The lowest BCUT2D eigenvalue weighted by atomic mass is 9.81. The molecule has 1 aliphatic carbocycles. The fourth-order valence-corrected chi connectivity index (χ4v) is 2.97. The summed E-state index contributed by atoms with van der Waals surface area (Å²) in [5, 5.41) is 0.173. The quantitative estimate of drug-likeness (QED) is 0.715. The Balaban J connectivity index is 2.33. The van der Waals surface area contributed by atoms with Crippen LogP contribution in [0.25, 0.3) is 0 Å². The molecule has 0 N–H and O–H groups in total. The molecule has 0 radical (unpaired) electrons. The normalized spacial score (nSPS) is 29.4. The zero-order valence-electron chi connectivity index (χ0n) is 9.59. The van der Waals surface area contributed by atoms with Crippen molar-refractivity contribution in [3.05, 3.63) is 29.6 Å². The van der Waals surface area contributed by atoms with Crippen molar-refractivity contribution in [2.75, 3.05) is 7.11 Å². The van der Waals surface area contributed by atoms with Crippen molar-refractivity contribution in [2.45, 2.75) is 37.0 Å². The highest BCUT2D eigenvalue weighted by molar-refractivity contribution is 6.20. The number of hydrogen-bond donors (Lipinski definition) is 0. The van der Waals surface area contributed by atoms with Gasteiger partial charge in [0, 0.05) is 11.4 Å². The van der Waals surface area contributed by atoms with Crippen LogP contribution >= 0.6 is 11.6 Å². The van der Waals surface area contributed by atoms with Crippen molar-refractivity contribution in [3.63, 3.8) is 0 Å². The van der Waals surface area contributed by atoms with E-state index < -0.39 is 0 Å². The van der Waals surface area contributed by atoms with Gasteiger partial charge >= 0.3 is 0 Å². The van der Waals surface area contributed by atoms with E-state index in [-0.39, 0.29) is 16.6 Å². The number of benzene rings is 1. The van der Waals surface area contributed by atoms with Crippen LogP contribution in [0, 0.1) is 5.82 Å². The zero-order valence-corrected chi connectivity index (χ0v) is 10.4. The summed E-state index contributed by atoms with van der Waals surface area (Å²) in [5.41, 5.74) is 0.638. The molecule has 1 aromatic rings. The van der Waals surface area contributed by atoms with Gasteiger partial charge in [0.15, 0.2) is 0 Å². The van der Waals surface area contributed by atoms with Gasteiger partial charge in [-0.25, -0.2) is 4.39 Å². The van der Waals surface area contributed by atoms with Crippen LogP contribution in [-0.4, -0.2) is 12.5 Å². The first-order valence-corrected chi connectivity index (χ1v) is 5.97. The molecular weight excluding hydrogens is 227 g/mol. The van der Waals surface area contributed by atoms with Gasteiger partial charge < -0.3 is 4.74 Å². The van der Waals surface area contributed by atoms with Crippen molar-refractivity contribution in [1.82, 2.24) is 0 Å². The predicted octanol–water partition coefficient (Wildman–Crippen LogP) is 3.88. The fourth-order valence-electron chi connectivity index (χ4n) is 2.53. The molecule has 1 aliphatic rings. The van der Waals surface area contributed by atoms with Crippen molar-refractivity contribution in [1.29, 1.82) is 0 Å². The highest BCUT2D eigenvalue weighted by Gasteiger charge is 2.37. The van der Waals surface area contributed by atoms with E-state index in [1.807, 2.05) is 12.1 Å². The third-order valence-electron chi connectivity index (χ3n) is 3.51. The Bertz CT molecular complexity index is 394. The van der Waals surface area contributed by atoms with E-state index >= 15 is 0 Å². The Hall–Kier alpha value is -0.760. The molecule has 0 spiro atoms. The second-order valence-electron chi connectivity index (χ2n) is 4.75. The average molecular weight is 243 g/mol. The number of halogens is 2. The van der Waals surface area contributed by atoms with Crippen LogP contribution in [0.4, 0.5) is 4.39 Å². The molecule has 1 nitrogen and oxygen atoms in total. The van der Waals surface area contributed by atoms with Gasteiger partial charge in [0.25, 0.3) is 0 Å². The van der Waals surface area contributed by atoms with Crippen LogP contribution in [-0.2, 0) is 5.41 Å². The summed E-state index contributed by atoms with van der Waals surface area (Å²) in [6, 6.07) is 5.08. The van der Waals surface area contributed by atoms with Crippen molar-refractivity contribution in [3.8, 4) is 5.75 Å². The summed E-state index contributed by atoms with van der Waals surface area (Å²) in [5.74, 6) is 0.373. The molecule has 1 fully saturated rings. The monoisotopic (exact) mass is 242 g/mol. The van der Waals surface area contributed by atoms with Crippen molar-refractivity contribution in [2.24, 2.45) is 0 Å². The first kappa shape index (κ1) is 11.7. The zero-order chi connectivity index (χ0) is 11.8. The van der Waals surface area contributed by atoms with Gasteiger partial charge in [0.1, 0.15) is 11.6 Å². The molecule has 0 aromatic heterocycles. The molecule has 0 saturated heterocycles. The Kier molecular flexibility index (Phi) is 3.11. The van der Waals surface area contributed by atoms with Crippen LogP contribution in [0.3, 0.4) is 0 Å². The highest BCUT2D eigenvalue weighted by atomic mass is 35.5. The third-order valence-corrected chi connectivity index (χ3v) is 3.88. The maximum atomic E-state index is 13.9. The topological polar surface area (TPSA) is 9.23 Å². The molecule has 0 heterocycles. The van der Waals surface area contributed by atoms with Crippen molar-refractivity contribution < 1.29 is 9.13 Å². The minimum atomic E-state index is -0.187. The molecule has 0 aliphatic heterocycles. The summed E-state index contributed by atoms with van der Waals surface area (Å²) < 4.78 is 18.9. The lowest BCUT2D eigenvalue weighted by Crippen LogP contribution is -2.19. The molecule has 16 heavy (non-hydrogen) atoms. The SMILES string of the molecule is COc1ccc(C2(C)CCC(Cl)C2)c(F)c1. The third kappa shape index (κ3) is 2.03. The lowest BCUT2D eigenvalue weighted by molar-refractivity contribution is 0.405. The molecule has 1 aromatic carbocycles. The van der Waals surface area contributed by atoms with E-state index in [2.05, 4.69) is 6.92 Å². The average Bonchev–Trinajstić information content (AvgIpc) is 2.59. The molecule has 2 atom stereocenters. The van der Waals surface area contributed by atoms with Crippen LogP contribution in [0.1, 0.15) is 31.7 Å². The number of ether oxygens (including phenoxy) is 1. The molecule has 3 heteroatoms. The molecule has 2 rings (SSSR count). The van der Waals surface area contributed by atoms with Gasteiger partial charge in [0.05, 0.1) is 7.11 Å². The summed E-state index contributed by atoms with van der Waals surface area (Å²) in [6.07, 6.45) is 2.76. The summed E-state index contributed by atoms with van der Waals surface area (Å²) >= 11 is 6.11. The van der Waals surface area contributed by atoms with Gasteiger partial charge in [-0.05, 0) is 36.3 Å². The standard InChI is InChI=1S/C13H16ClFO/c1-13(6-5-9(14)8-13)11-4-3-10(16-2)7-12(11)15/h3-4,7,9H,5-6,8H2,1-2H3.